The molecule has 1 fully saturated rings. The summed E-state index contributed by atoms with van der Waals surface area (Å²) in [6.45, 7) is 0.261. The quantitative estimate of drug-likeness (QED) is 0.496. The van der Waals surface area contributed by atoms with Crippen LogP contribution in [0.3, 0.4) is 0 Å². The Morgan fingerprint density at radius 1 is 0.909 bits per heavy atom. The molecular weight excluding hydrogens is 477 g/mol. The molecule has 0 unspecified atom stereocenters. The topological polar surface area (TPSA) is 76.7 Å². The molecule has 2 aromatic carbocycles. The Kier molecular flexibility index (Phi) is 9.14. The number of ether oxygens (including phenoxy) is 2. The van der Waals surface area contributed by atoms with Gasteiger partial charge >= 0.3 is 0 Å². The maximum absolute atomic E-state index is 13.4. The maximum Gasteiger partial charge on any atom is 0.258 e. The van der Waals surface area contributed by atoms with Crippen LogP contribution in [0.25, 0.3) is 0 Å². The molecule has 10 heteroatoms. The van der Waals surface area contributed by atoms with Crippen LogP contribution in [0.15, 0.2) is 36.4 Å². The van der Waals surface area contributed by atoms with Crippen molar-refractivity contribution in [2.75, 3.05) is 19.8 Å². The molecule has 0 aromatic heterocycles. The van der Waals surface area contributed by atoms with E-state index < -0.39 is 11.6 Å². The van der Waals surface area contributed by atoms with Gasteiger partial charge < -0.3 is 20.1 Å². The van der Waals surface area contributed by atoms with Crippen LogP contribution in [0.1, 0.15) is 25.7 Å². The van der Waals surface area contributed by atoms with E-state index in [1.165, 1.54) is 24.3 Å². The molecule has 0 spiro atoms. The van der Waals surface area contributed by atoms with Crippen molar-refractivity contribution in [3.8, 4) is 11.5 Å². The number of rotatable bonds is 9. The van der Waals surface area contributed by atoms with Gasteiger partial charge in [0.15, 0.2) is 6.61 Å². The van der Waals surface area contributed by atoms with Crippen molar-refractivity contribution in [1.29, 1.82) is 0 Å². The lowest BCUT2D eigenvalue weighted by Crippen LogP contribution is -2.42. The third kappa shape index (κ3) is 7.75. The number of nitrogens with one attached hydrogen (secondary N) is 2. The first-order chi connectivity index (χ1) is 15.8. The van der Waals surface area contributed by atoms with Crippen molar-refractivity contribution in [1.82, 2.24) is 10.6 Å². The second-order valence-corrected chi connectivity index (χ2v) is 8.51. The molecule has 1 aliphatic rings. The summed E-state index contributed by atoms with van der Waals surface area (Å²) in [6, 6.07) is 8.08. The highest BCUT2D eigenvalue weighted by molar-refractivity contribution is 6.31. The molecule has 2 N–H and O–H groups in total. The van der Waals surface area contributed by atoms with Crippen molar-refractivity contribution < 1.29 is 27.8 Å². The fourth-order valence-electron chi connectivity index (χ4n) is 3.54. The minimum atomic E-state index is -0.614. The van der Waals surface area contributed by atoms with Gasteiger partial charge in [0.05, 0.1) is 16.6 Å². The Balaban J connectivity index is 1.30. The van der Waals surface area contributed by atoms with Gasteiger partial charge in [0.1, 0.15) is 29.7 Å². The summed E-state index contributed by atoms with van der Waals surface area (Å²) in [7, 11) is 0. The maximum atomic E-state index is 13.4. The third-order valence-electron chi connectivity index (χ3n) is 5.29. The summed E-state index contributed by atoms with van der Waals surface area (Å²) >= 11 is 11.2. The summed E-state index contributed by atoms with van der Waals surface area (Å²) < 4.78 is 37.5. The zero-order chi connectivity index (χ0) is 23.8. The molecule has 0 heterocycles. The molecule has 33 heavy (non-hydrogen) atoms. The number of hydrogen-bond donors (Lipinski definition) is 2. The smallest absolute Gasteiger partial charge is 0.258 e. The van der Waals surface area contributed by atoms with E-state index >= 15 is 0 Å². The predicted octanol–water partition coefficient (Wildman–Crippen LogP) is 4.52. The Morgan fingerprint density at radius 2 is 1.48 bits per heavy atom. The first-order valence-electron chi connectivity index (χ1n) is 10.5. The lowest BCUT2D eigenvalue weighted by Gasteiger charge is -2.28. The van der Waals surface area contributed by atoms with Crippen LogP contribution in [0.5, 0.6) is 11.5 Å². The molecule has 2 amide bonds. The van der Waals surface area contributed by atoms with Gasteiger partial charge in [0.25, 0.3) is 5.91 Å². The molecule has 1 saturated carbocycles. The number of carbonyl (C=O) groups is 2. The SMILES string of the molecule is O=C(COc1ccc(Cl)c(F)c1)N[C@H]1CC[C@H](C(=O)NCCOc2ccc(Cl)c(F)c2)CC1. The average molecular weight is 501 g/mol. The molecular formula is C23H24Cl2F2N2O4. The highest BCUT2D eigenvalue weighted by Gasteiger charge is 2.27. The van der Waals surface area contributed by atoms with E-state index in [0.29, 0.717) is 38.0 Å². The van der Waals surface area contributed by atoms with Gasteiger partial charge in [-0.05, 0) is 49.9 Å². The van der Waals surface area contributed by atoms with Gasteiger partial charge in [-0.3, -0.25) is 9.59 Å². The molecule has 1 aliphatic carbocycles. The Morgan fingerprint density at radius 3 is 2.06 bits per heavy atom. The van der Waals surface area contributed by atoms with E-state index in [-0.39, 0.29) is 52.8 Å². The first-order valence-corrected chi connectivity index (χ1v) is 11.3. The van der Waals surface area contributed by atoms with Gasteiger partial charge in [0, 0.05) is 24.1 Å². The summed E-state index contributed by atoms with van der Waals surface area (Å²) in [5.74, 6) is -1.14. The van der Waals surface area contributed by atoms with Crippen molar-refractivity contribution in [2.45, 2.75) is 31.7 Å². The van der Waals surface area contributed by atoms with Crippen LogP contribution in [-0.2, 0) is 9.59 Å². The first kappa shape index (κ1) is 25.1. The lowest BCUT2D eigenvalue weighted by molar-refractivity contribution is -0.126. The minimum Gasteiger partial charge on any atom is -0.492 e. The molecule has 0 atom stereocenters. The van der Waals surface area contributed by atoms with Crippen LogP contribution in [0.4, 0.5) is 8.78 Å². The van der Waals surface area contributed by atoms with Gasteiger partial charge in [0.2, 0.25) is 5.91 Å². The van der Waals surface area contributed by atoms with E-state index in [4.69, 9.17) is 32.7 Å². The zero-order valence-electron chi connectivity index (χ0n) is 17.7. The molecule has 2 aromatic rings. The average Bonchev–Trinajstić information content (AvgIpc) is 2.80. The van der Waals surface area contributed by atoms with E-state index in [1.54, 1.807) is 6.07 Å². The normalized spacial score (nSPS) is 17.8. The summed E-state index contributed by atoms with van der Waals surface area (Å²) in [5, 5.41) is 5.70. The van der Waals surface area contributed by atoms with Crippen LogP contribution in [-0.4, -0.2) is 37.6 Å². The summed E-state index contributed by atoms with van der Waals surface area (Å²) in [6.07, 6.45) is 2.62. The van der Waals surface area contributed by atoms with Gasteiger partial charge in [-0.2, -0.15) is 0 Å². The largest absolute Gasteiger partial charge is 0.492 e. The van der Waals surface area contributed by atoms with Crippen molar-refractivity contribution >= 4 is 35.0 Å². The van der Waals surface area contributed by atoms with E-state index in [0.717, 1.165) is 6.07 Å². The third-order valence-corrected chi connectivity index (χ3v) is 5.90. The Hall–Kier alpha value is -2.58. The van der Waals surface area contributed by atoms with Crippen LogP contribution in [0.2, 0.25) is 10.0 Å². The monoisotopic (exact) mass is 500 g/mol. The van der Waals surface area contributed by atoms with Crippen LogP contribution < -0.4 is 20.1 Å². The second kappa shape index (κ2) is 12.0. The Bertz CT molecular complexity index is 985. The van der Waals surface area contributed by atoms with Crippen LogP contribution >= 0.6 is 23.2 Å². The van der Waals surface area contributed by atoms with Gasteiger partial charge in [-0.25, -0.2) is 8.78 Å². The highest BCUT2D eigenvalue weighted by Crippen LogP contribution is 2.25. The highest BCUT2D eigenvalue weighted by atomic mass is 35.5. The lowest BCUT2D eigenvalue weighted by atomic mass is 9.85. The number of carbonyl (C=O) groups excluding carboxylic acids is 2. The molecule has 0 saturated heterocycles. The van der Waals surface area contributed by atoms with Gasteiger partial charge in [-0.1, -0.05) is 23.2 Å². The molecule has 0 radical (unpaired) electrons. The van der Waals surface area contributed by atoms with Crippen molar-refractivity contribution in [3.05, 3.63) is 58.1 Å². The molecule has 0 bridgehead atoms. The number of halogens is 4. The van der Waals surface area contributed by atoms with Crippen molar-refractivity contribution in [2.24, 2.45) is 5.92 Å². The van der Waals surface area contributed by atoms with Gasteiger partial charge in [-0.15, -0.1) is 0 Å². The van der Waals surface area contributed by atoms with Crippen molar-refractivity contribution in [3.63, 3.8) is 0 Å². The number of amides is 2. The molecule has 6 nitrogen and oxygen atoms in total. The van der Waals surface area contributed by atoms with E-state index in [1.807, 2.05) is 0 Å². The molecule has 0 aliphatic heterocycles. The minimum absolute atomic E-state index is 0.0166. The predicted molar refractivity (Wildman–Crippen MR) is 121 cm³/mol. The zero-order valence-corrected chi connectivity index (χ0v) is 19.2. The second-order valence-electron chi connectivity index (χ2n) is 7.70. The Labute approximate surface area is 200 Å². The number of benzene rings is 2. The van der Waals surface area contributed by atoms with E-state index in [9.17, 15) is 18.4 Å². The summed E-state index contributed by atoms with van der Waals surface area (Å²) in [5.41, 5.74) is 0. The van der Waals surface area contributed by atoms with Crippen LogP contribution in [0, 0.1) is 17.6 Å². The molecule has 3 rings (SSSR count). The molecule has 178 valence electrons. The standard InChI is InChI=1S/C23H24Cl2F2N2O4/c24-18-7-5-16(11-20(18)26)32-10-9-28-23(31)14-1-3-15(4-2-14)29-22(30)13-33-17-6-8-19(25)21(27)12-17/h5-8,11-12,14-15H,1-4,9-10,13H2,(H,28,31)(H,29,30)/t14-,15-. The fraction of sp³-hybridized carbons (Fsp3) is 0.391. The summed E-state index contributed by atoms with van der Waals surface area (Å²) in [4.78, 5) is 24.5. The number of hydrogen-bond acceptors (Lipinski definition) is 4. The van der Waals surface area contributed by atoms with E-state index in [2.05, 4.69) is 10.6 Å². The fourth-order valence-corrected chi connectivity index (χ4v) is 3.77.